The maximum Gasteiger partial charge on any atom is 0.120 e. The largest absolute Gasteiger partial charge is 0.303 e. The molecule has 0 rings (SSSR count). The Bertz CT molecular complexity index is 217. The third-order valence-corrected chi connectivity index (χ3v) is 2.08. The van der Waals surface area contributed by atoms with Crippen molar-refractivity contribution in [2.45, 2.75) is 58.3 Å². The highest BCUT2D eigenvalue weighted by Crippen LogP contribution is 1.97. The normalized spacial score (nSPS) is 9.93. The second-order valence-corrected chi connectivity index (χ2v) is 3.56. The van der Waals surface area contributed by atoms with Crippen molar-refractivity contribution in [3.8, 4) is 11.8 Å². The van der Waals surface area contributed by atoms with Crippen LogP contribution in [-0.4, -0.2) is 6.29 Å². The Morgan fingerprint density at radius 2 is 1.67 bits per heavy atom. The average molecular weight is 206 g/mol. The molecule has 0 aromatic carbocycles. The molecule has 1 nitrogen and oxygen atoms in total. The molecule has 0 atom stereocenters. The molecule has 0 saturated carbocycles. The van der Waals surface area contributed by atoms with E-state index >= 15 is 0 Å². The number of hydrogen-bond donors (Lipinski definition) is 0. The maximum absolute atomic E-state index is 10.0. The molecule has 84 valence electrons. The van der Waals surface area contributed by atoms with Crippen LogP contribution in [0, 0.1) is 11.8 Å². The van der Waals surface area contributed by atoms with Gasteiger partial charge in [-0.15, -0.1) is 11.8 Å². The van der Waals surface area contributed by atoms with Crippen molar-refractivity contribution in [2.24, 2.45) is 0 Å². The third kappa shape index (κ3) is 13.0. The van der Waals surface area contributed by atoms with E-state index in [1.165, 1.54) is 19.3 Å². The molecule has 0 radical (unpaired) electrons. The molecule has 15 heavy (non-hydrogen) atoms. The van der Waals surface area contributed by atoms with Gasteiger partial charge in [0.05, 0.1) is 0 Å². The van der Waals surface area contributed by atoms with E-state index in [4.69, 9.17) is 0 Å². The highest BCUT2D eigenvalue weighted by Gasteiger charge is 1.81. The van der Waals surface area contributed by atoms with Gasteiger partial charge in [-0.1, -0.05) is 31.9 Å². The Morgan fingerprint density at radius 1 is 0.933 bits per heavy atom. The fourth-order valence-electron chi connectivity index (χ4n) is 1.20. The molecular weight excluding hydrogens is 184 g/mol. The Kier molecular flexibility index (Phi) is 12.1. The third-order valence-electron chi connectivity index (χ3n) is 2.08. The summed E-state index contributed by atoms with van der Waals surface area (Å²) in [5, 5.41) is 0. The van der Waals surface area contributed by atoms with Gasteiger partial charge in [0, 0.05) is 19.3 Å². The van der Waals surface area contributed by atoms with Crippen molar-refractivity contribution in [1.29, 1.82) is 0 Å². The summed E-state index contributed by atoms with van der Waals surface area (Å²) in [6.45, 7) is 2.21. The lowest BCUT2D eigenvalue weighted by atomic mass is 10.2. The predicted octanol–water partition coefficient (Wildman–Crippen LogP) is 3.89. The molecular formula is C14H22O. The summed E-state index contributed by atoms with van der Waals surface area (Å²) < 4.78 is 0. The Morgan fingerprint density at radius 3 is 2.40 bits per heavy atom. The van der Waals surface area contributed by atoms with Crippen LogP contribution in [0.3, 0.4) is 0 Å². The Labute approximate surface area is 94.0 Å². The molecule has 0 aliphatic rings. The van der Waals surface area contributed by atoms with Crippen LogP contribution in [0.4, 0.5) is 0 Å². The predicted molar refractivity (Wildman–Crippen MR) is 65.6 cm³/mol. The number of aldehydes is 1. The summed E-state index contributed by atoms with van der Waals surface area (Å²) in [7, 11) is 0. The minimum atomic E-state index is 0.638. The lowest BCUT2D eigenvalue weighted by Gasteiger charge is -1.88. The molecule has 0 aliphatic carbocycles. The minimum absolute atomic E-state index is 0.638. The number of rotatable bonds is 8. The molecule has 0 amide bonds. The van der Waals surface area contributed by atoms with Gasteiger partial charge in [0.2, 0.25) is 0 Å². The molecule has 1 heteroatoms. The van der Waals surface area contributed by atoms with Crippen LogP contribution in [0.15, 0.2) is 12.2 Å². The number of allylic oxidation sites excluding steroid dienone is 2. The highest BCUT2D eigenvalue weighted by atomic mass is 16.1. The van der Waals surface area contributed by atoms with Crippen molar-refractivity contribution in [3.05, 3.63) is 12.2 Å². The zero-order chi connectivity index (χ0) is 11.2. The lowest BCUT2D eigenvalue weighted by Crippen LogP contribution is -1.73. The molecule has 0 N–H and O–H groups in total. The van der Waals surface area contributed by atoms with Crippen LogP contribution in [0.1, 0.15) is 58.3 Å². The maximum atomic E-state index is 10.0. The number of carbonyl (C=O) groups excluding carboxylic acids is 1. The second-order valence-electron chi connectivity index (χ2n) is 3.56. The summed E-state index contributed by atoms with van der Waals surface area (Å²) >= 11 is 0. The quantitative estimate of drug-likeness (QED) is 0.255. The summed E-state index contributed by atoms with van der Waals surface area (Å²) in [4.78, 5) is 10.0. The van der Waals surface area contributed by atoms with Crippen molar-refractivity contribution in [1.82, 2.24) is 0 Å². The molecule has 0 aromatic heterocycles. The van der Waals surface area contributed by atoms with E-state index in [2.05, 4.69) is 30.9 Å². The van der Waals surface area contributed by atoms with Crippen molar-refractivity contribution in [2.75, 3.05) is 0 Å². The fraction of sp³-hybridized carbons (Fsp3) is 0.643. The van der Waals surface area contributed by atoms with Gasteiger partial charge in [0.1, 0.15) is 6.29 Å². The van der Waals surface area contributed by atoms with E-state index in [9.17, 15) is 4.79 Å². The molecule has 0 bridgehead atoms. The molecule has 0 spiro atoms. The van der Waals surface area contributed by atoms with Gasteiger partial charge in [0.25, 0.3) is 0 Å². The summed E-state index contributed by atoms with van der Waals surface area (Å²) in [6.07, 6.45) is 13.4. The van der Waals surface area contributed by atoms with Gasteiger partial charge in [-0.3, -0.25) is 0 Å². The number of carbonyl (C=O) groups is 1. The van der Waals surface area contributed by atoms with E-state index in [1.807, 2.05) is 0 Å². The summed E-state index contributed by atoms with van der Waals surface area (Å²) in [5.41, 5.74) is 0. The zero-order valence-electron chi connectivity index (χ0n) is 9.80. The summed E-state index contributed by atoms with van der Waals surface area (Å²) in [6, 6.07) is 0. The minimum Gasteiger partial charge on any atom is -0.303 e. The lowest BCUT2D eigenvalue weighted by molar-refractivity contribution is -0.107. The van der Waals surface area contributed by atoms with Crippen LogP contribution < -0.4 is 0 Å². The van der Waals surface area contributed by atoms with E-state index in [-0.39, 0.29) is 0 Å². The van der Waals surface area contributed by atoms with Gasteiger partial charge in [-0.25, -0.2) is 0 Å². The molecule has 0 saturated heterocycles. The van der Waals surface area contributed by atoms with Gasteiger partial charge in [-0.2, -0.15) is 0 Å². The Hall–Kier alpha value is -1.03. The first-order valence-corrected chi connectivity index (χ1v) is 5.96. The Balaban J connectivity index is 3.21. The average Bonchev–Trinajstić information content (AvgIpc) is 2.26. The van der Waals surface area contributed by atoms with Crippen LogP contribution >= 0.6 is 0 Å². The summed E-state index contributed by atoms with van der Waals surface area (Å²) in [5.74, 6) is 6.35. The standard InChI is InChI=1S/C14H22O/c1-2-3-4-5-6-7-8-9-10-11-12-13-14-15/h10-11,14H,2-5,8-9,12-13H2,1H3/b11-10+. The number of hydrogen-bond acceptors (Lipinski definition) is 1. The molecule has 0 heterocycles. The molecule has 0 aromatic rings. The topological polar surface area (TPSA) is 17.1 Å². The molecule has 0 unspecified atom stereocenters. The van der Waals surface area contributed by atoms with E-state index in [0.29, 0.717) is 6.42 Å². The van der Waals surface area contributed by atoms with Gasteiger partial charge < -0.3 is 4.79 Å². The van der Waals surface area contributed by atoms with Crippen LogP contribution in [0.5, 0.6) is 0 Å². The first kappa shape index (κ1) is 14.0. The smallest absolute Gasteiger partial charge is 0.120 e. The van der Waals surface area contributed by atoms with Crippen molar-refractivity contribution in [3.63, 3.8) is 0 Å². The molecule has 0 aliphatic heterocycles. The zero-order valence-corrected chi connectivity index (χ0v) is 9.80. The van der Waals surface area contributed by atoms with E-state index in [1.54, 1.807) is 0 Å². The second kappa shape index (κ2) is 13.0. The van der Waals surface area contributed by atoms with Crippen LogP contribution in [0.25, 0.3) is 0 Å². The molecule has 0 fully saturated rings. The van der Waals surface area contributed by atoms with Crippen LogP contribution in [0.2, 0.25) is 0 Å². The van der Waals surface area contributed by atoms with Crippen LogP contribution in [-0.2, 0) is 4.79 Å². The van der Waals surface area contributed by atoms with Crippen molar-refractivity contribution >= 4 is 6.29 Å². The SMILES string of the molecule is CCCCCC#CCC/C=C/CCC=O. The van der Waals surface area contributed by atoms with Crippen molar-refractivity contribution < 1.29 is 4.79 Å². The first-order valence-electron chi connectivity index (χ1n) is 5.96. The highest BCUT2D eigenvalue weighted by molar-refractivity contribution is 5.49. The van der Waals surface area contributed by atoms with E-state index in [0.717, 1.165) is 32.0 Å². The first-order chi connectivity index (χ1) is 7.41. The van der Waals surface area contributed by atoms with Gasteiger partial charge >= 0.3 is 0 Å². The fourth-order valence-corrected chi connectivity index (χ4v) is 1.20. The number of unbranched alkanes of at least 4 members (excludes halogenated alkanes) is 5. The van der Waals surface area contributed by atoms with Gasteiger partial charge in [0.15, 0.2) is 0 Å². The van der Waals surface area contributed by atoms with E-state index < -0.39 is 0 Å². The van der Waals surface area contributed by atoms with Gasteiger partial charge in [-0.05, 0) is 19.3 Å². The monoisotopic (exact) mass is 206 g/mol.